The average Bonchev–Trinajstić information content (AvgIpc) is 2.47. The number of hydrogen-bond donors (Lipinski definition) is 1. The highest BCUT2D eigenvalue weighted by Gasteiger charge is 2.16. The van der Waals surface area contributed by atoms with Crippen molar-refractivity contribution in [2.75, 3.05) is 13.2 Å². The second-order valence-electron chi connectivity index (χ2n) is 4.98. The van der Waals surface area contributed by atoms with Gasteiger partial charge in [-0.05, 0) is 52.7 Å². The molecule has 0 unspecified atom stereocenters. The summed E-state index contributed by atoms with van der Waals surface area (Å²) in [6, 6.07) is 10.1. The SMILES string of the molecule is Cc1cccc(CNCc2cc(Br)c3c(c2)OCCO3)n1. The van der Waals surface area contributed by atoms with E-state index in [1.165, 1.54) is 0 Å². The lowest BCUT2D eigenvalue weighted by Crippen LogP contribution is -2.17. The minimum absolute atomic E-state index is 0.599. The van der Waals surface area contributed by atoms with Crippen LogP contribution in [0, 0.1) is 6.92 Å². The number of aromatic nitrogens is 1. The van der Waals surface area contributed by atoms with E-state index in [1.54, 1.807) is 0 Å². The summed E-state index contributed by atoms with van der Waals surface area (Å²) in [5.74, 6) is 1.60. The zero-order valence-corrected chi connectivity index (χ0v) is 13.4. The zero-order valence-electron chi connectivity index (χ0n) is 11.9. The fourth-order valence-corrected chi connectivity index (χ4v) is 2.90. The average molecular weight is 349 g/mol. The summed E-state index contributed by atoms with van der Waals surface area (Å²) in [6.45, 7) is 4.70. The summed E-state index contributed by atoms with van der Waals surface area (Å²) in [6.07, 6.45) is 0. The first-order valence-corrected chi connectivity index (χ1v) is 7.73. The van der Waals surface area contributed by atoms with Crippen LogP contribution in [0.1, 0.15) is 17.0 Å². The molecular weight excluding hydrogens is 332 g/mol. The summed E-state index contributed by atoms with van der Waals surface area (Å²) >= 11 is 3.53. The molecule has 1 N–H and O–H groups in total. The predicted octanol–water partition coefficient (Wildman–Crippen LogP) is 3.21. The second kappa shape index (κ2) is 6.45. The molecule has 0 fully saturated rings. The van der Waals surface area contributed by atoms with E-state index in [4.69, 9.17) is 9.47 Å². The van der Waals surface area contributed by atoms with Crippen LogP contribution in [0.3, 0.4) is 0 Å². The van der Waals surface area contributed by atoms with Gasteiger partial charge in [0, 0.05) is 18.8 Å². The fraction of sp³-hybridized carbons (Fsp3) is 0.312. The van der Waals surface area contributed by atoms with Gasteiger partial charge < -0.3 is 14.8 Å². The Labute approximate surface area is 132 Å². The minimum atomic E-state index is 0.599. The van der Waals surface area contributed by atoms with Gasteiger partial charge in [-0.3, -0.25) is 4.98 Å². The van der Waals surface area contributed by atoms with E-state index in [1.807, 2.05) is 31.2 Å². The number of nitrogens with one attached hydrogen (secondary N) is 1. The lowest BCUT2D eigenvalue weighted by atomic mass is 10.2. The first-order valence-electron chi connectivity index (χ1n) is 6.93. The molecule has 0 bridgehead atoms. The largest absolute Gasteiger partial charge is 0.486 e. The zero-order chi connectivity index (χ0) is 14.7. The van der Waals surface area contributed by atoms with Crippen molar-refractivity contribution in [3.63, 3.8) is 0 Å². The molecule has 3 rings (SSSR count). The molecule has 0 amide bonds. The molecule has 4 nitrogen and oxygen atoms in total. The number of pyridine rings is 1. The molecule has 2 heterocycles. The molecule has 0 saturated carbocycles. The Bertz CT molecular complexity index is 646. The molecule has 1 aromatic heterocycles. The van der Waals surface area contributed by atoms with Gasteiger partial charge in [-0.1, -0.05) is 6.07 Å². The highest BCUT2D eigenvalue weighted by molar-refractivity contribution is 9.10. The van der Waals surface area contributed by atoms with Gasteiger partial charge in [0.1, 0.15) is 13.2 Å². The fourth-order valence-electron chi connectivity index (χ4n) is 2.30. The lowest BCUT2D eigenvalue weighted by molar-refractivity contribution is 0.170. The molecule has 0 aliphatic carbocycles. The predicted molar refractivity (Wildman–Crippen MR) is 84.6 cm³/mol. The Morgan fingerprint density at radius 1 is 1.19 bits per heavy atom. The van der Waals surface area contributed by atoms with Crippen LogP contribution in [0.5, 0.6) is 11.5 Å². The maximum absolute atomic E-state index is 5.63. The Hall–Kier alpha value is -1.59. The van der Waals surface area contributed by atoms with Gasteiger partial charge in [0.2, 0.25) is 0 Å². The van der Waals surface area contributed by atoms with Crippen LogP contribution in [-0.4, -0.2) is 18.2 Å². The lowest BCUT2D eigenvalue weighted by Gasteiger charge is -2.20. The van der Waals surface area contributed by atoms with Crippen LogP contribution in [0.4, 0.5) is 0 Å². The number of halogens is 1. The highest BCUT2D eigenvalue weighted by atomic mass is 79.9. The third-order valence-electron chi connectivity index (χ3n) is 3.24. The molecule has 0 saturated heterocycles. The van der Waals surface area contributed by atoms with Crippen LogP contribution in [-0.2, 0) is 13.1 Å². The van der Waals surface area contributed by atoms with Crippen molar-refractivity contribution < 1.29 is 9.47 Å². The molecule has 1 aromatic carbocycles. The summed E-state index contributed by atoms with van der Waals surface area (Å²) in [4.78, 5) is 4.48. The minimum Gasteiger partial charge on any atom is -0.486 e. The van der Waals surface area contributed by atoms with Crippen LogP contribution in [0.25, 0.3) is 0 Å². The molecule has 1 aliphatic heterocycles. The number of benzene rings is 1. The quantitative estimate of drug-likeness (QED) is 0.921. The van der Waals surface area contributed by atoms with Gasteiger partial charge in [0.15, 0.2) is 11.5 Å². The Morgan fingerprint density at radius 2 is 2.05 bits per heavy atom. The molecule has 0 atom stereocenters. The number of fused-ring (bicyclic) bond motifs is 1. The maximum atomic E-state index is 5.63. The van der Waals surface area contributed by atoms with Crippen molar-refractivity contribution in [2.24, 2.45) is 0 Å². The molecule has 110 valence electrons. The van der Waals surface area contributed by atoms with E-state index in [0.29, 0.717) is 13.2 Å². The normalized spacial score (nSPS) is 13.2. The third-order valence-corrected chi connectivity index (χ3v) is 3.83. The first kappa shape index (κ1) is 14.4. The van der Waals surface area contributed by atoms with Crippen molar-refractivity contribution in [3.05, 3.63) is 51.8 Å². The molecule has 21 heavy (non-hydrogen) atoms. The summed E-state index contributed by atoms with van der Waals surface area (Å²) in [5.41, 5.74) is 3.24. The van der Waals surface area contributed by atoms with Crippen LogP contribution < -0.4 is 14.8 Å². The number of nitrogens with zero attached hydrogens (tertiary/aromatic N) is 1. The molecule has 5 heteroatoms. The van der Waals surface area contributed by atoms with Crippen LogP contribution >= 0.6 is 15.9 Å². The molecule has 1 aliphatic rings. The number of ether oxygens (including phenoxy) is 2. The molecule has 0 spiro atoms. The van der Waals surface area contributed by atoms with Crippen LogP contribution in [0.2, 0.25) is 0 Å². The van der Waals surface area contributed by atoms with Crippen molar-refractivity contribution in [1.82, 2.24) is 10.3 Å². The van der Waals surface area contributed by atoms with Gasteiger partial charge >= 0.3 is 0 Å². The van der Waals surface area contributed by atoms with Crippen molar-refractivity contribution in [3.8, 4) is 11.5 Å². The van der Waals surface area contributed by atoms with Gasteiger partial charge in [-0.25, -0.2) is 0 Å². The summed E-state index contributed by atoms with van der Waals surface area (Å²) in [5, 5.41) is 3.40. The Balaban J connectivity index is 1.64. The number of aryl methyl sites for hydroxylation is 1. The third kappa shape index (κ3) is 3.54. The van der Waals surface area contributed by atoms with E-state index in [0.717, 1.165) is 46.0 Å². The van der Waals surface area contributed by atoms with E-state index in [2.05, 4.69) is 32.3 Å². The summed E-state index contributed by atoms with van der Waals surface area (Å²) < 4.78 is 12.2. The van der Waals surface area contributed by atoms with Crippen molar-refractivity contribution in [2.45, 2.75) is 20.0 Å². The molecular formula is C16H17BrN2O2. The summed E-state index contributed by atoms with van der Waals surface area (Å²) in [7, 11) is 0. The van der Waals surface area contributed by atoms with Crippen molar-refractivity contribution >= 4 is 15.9 Å². The van der Waals surface area contributed by atoms with E-state index < -0.39 is 0 Å². The maximum Gasteiger partial charge on any atom is 0.175 e. The van der Waals surface area contributed by atoms with Gasteiger partial charge in [0.05, 0.1) is 10.2 Å². The van der Waals surface area contributed by atoms with Gasteiger partial charge in [-0.2, -0.15) is 0 Å². The molecule has 0 radical (unpaired) electrons. The van der Waals surface area contributed by atoms with E-state index in [9.17, 15) is 0 Å². The monoisotopic (exact) mass is 348 g/mol. The van der Waals surface area contributed by atoms with E-state index >= 15 is 0 Å². The van der Waals surface area contributed by atoms with Gasteiger partial charge in [-0.15, -0.1) is 0 Å². The van der Waals surface area contributed by atoms with E-state index in [-0.39, 0.29) is 0 Å². The topological polar surface area (TPSA) is 43.4 Å². The van der Waals surface area contributed by atoms with Crippen molar-refractivity contribution in [1.29, 1.82) is 0 Å². The number of hydrogen-bond acceptors (Lipinski definition) is 4. The Morgan fingerprint density at radius 3 is 2.90 bits per heavy atom. The Kier molecular flexibility index (Phi) is 4.41. The van der Waals surface area contributed by atoms with Crippen LogP contribution in [0.15, 0.2) is 34.8 Å². The second-order valence-corrected chi connectivity index (χ2v) is 5.83. The smallest absolute Gasteiger partial charge is 0.175 e. The first-order chi connectivity index (χ1) is 10.2. The highest BCUT2D eigenvalue weighted by Crippen LogP contribution is 2.38. The molecule has 2 aromatic rings. The standard InChI is InChI=1S/C16H17BrN2O2/c1-11-3-2-4-13(19-11)10-18-9-12-7-14(17)16-15(8-12)20-5-6-21-16/h2-4,7-8,18H,5-6,9-10H2,1H3. The number of rotatable bonds is 4. The van der Waals surface area contributed by atoms with Gasteiger partial charge in [0.25, 0.3) is 0 Å².